The van der Waals surface area contributed by atoms with Crippen molar-refractivity contribution < 1.29 is 42.1 Å². The van der Waals surface area contributed by atoms with Gasteiger partial charge in [-0.1, -0.05) is 62.8 Å². The zero-order chi connectivity index (χ0) is 34.7. The maximum Gasteiger partial charge on any atom is 0.265 e. The maximum absolute atomic E-state index is 13.6. The molecule has 1 atom stereocenters. The van der Waals surface area contributed by atoms with E-state index in [1.165, 1.54) is 31.4 Å². The predicted molar refractivity (Wildman–Crippen MR) is 185 cm³/mol. The topological polar surface area (TPSA) is 162 Å². The van der Waals surface area contributed by atoms with E-state index >= 15 is 0 Å². The third kappa shape index (κ3) is 10.1. The second kappa shape index (κ2) is 17.3. The summed E-state index contributed by atoms with van der Waals surface area (Å²) in [6, 6.07) is 12.1. The lowest BCUT2D eigenvalue weighted by atomic mass is 10.1. The Morgan fingerprint density at radius 3 is 2.42 bits per heavy atom. The Labute approximate surface area is 286 Å². The Morgan fingerprint density at radius 2 is 1.67 bits per heavy atom. The van der Waals surface area contributed by atoms with E-state index in [0.717, 1.165) is 44.1 Å². The van der Waals surface area contributed by atoms with Gasteiger partial charge in [-0.3, -0.25) is 14.3 Å². The van der Waals surface area contributed by atoms with E-state index in [0.29, 0.717) is 23.7 Å². The fourth-order valence-corrected chi connectivity index (χ4v) is 6.21. The van der Waals surface area contributed by atoms with Crippen LogP contribution in [0.2, 0.25) is 5.02 Å². The van der Waals surface area contributed by atoms with Crippen LogP contribution in [0.3, 0.4) is 0 Å². The van der Waals surface area contributed by atoms with Gasteiger partial charge in [0.2, 0.25) is 16.8 Å². The Morgan fingerprint density at radius 1 is 0.958 bits per heavy atom. The lowest BCUT2D eigenvalue weighted by Crippen LogP contribution is -2.33. The zero-order valence-electron chi connectivity index (χ0n) is 27.3. The highest BCUT2D eigenvalue weighted by Gasteiger charge is 2.25. The number of phenolic OH excluding ortho intramolecular Hbond substituents is 1. The number of rotatable bonds is 18. The number of halogens is 1. The SMILES string of the molecule is CCCCCCCCC(Oc1cc2c(cc1C)OCO2)C(=O)Nc1cc(O)c(NC(=O)c2ccccc2NS(=O)(=O)CCOC)cc1Cl. The fraction of sp³-hybridized carbons (Fsp3) is 0.412. The predicted octanol–water partition coefficient (Wildman–Crippen LogP) is 6.86. The number of para-hydroxylation sites is 1. The molecular formula is C34H42ClN3O9S. The number of carbonyl (C=O) groups excluding carboxylic acids is 2. The van der Waals surface area contributed by atoms with E-state index in [1.54, 1.807) is 24.3 Å². The highest BCUT2D eigenvalue weighted by molar-refractivity contribution is 7.92. The lowest BCUT2D eigenvalue weighted by Gasteiger charge is -2.21. The van der Waals surface area contributed by atoms with Crippen molar-refractivity contribution in [2.75, 3.05) is 41.6 Å². The minimum atomic E-state index is -3.79. The highest BCUT2D eigenvalue weighted by atomic mass is 35.5. The number of hydrogen-bond acceptors (Lipinski definition) is 9. The molecule has 12 nitrogen and oxygen atoms in total. The number of sulfonamides is 1. The molecule has 4 N–H and O–H groups in total. The molecule has 2 amide bonds. The van der Waals surface area contributed by atoms with Crippen molar-refractivity contribution in [3.63, 3.8) is 0 Å². The molecule has 48 heavy (non-hydrogen) atoms. The minimum Gasteiger partial charge on any atom is -0.506 e. The Balaban J connectivity index is 1.48. The number of ether oxygens (including phenoxy) is 4. The quantitative estimate of drug-likeness (QED) is 0.0819. The van der Waals surface area contributed by atoms with Gasteiger partial charge >= 0.3 is 0 Å². The van der Waals surface area contributed by atoms with E-state index in [1.807, 2.05) is 6.92 Å². The summed E-state index contributed by atoms with van der Waals surface area (Å²) >= 11 is 6.52. The van der Waals surface area contributed by atoms with E-state index in [-0.39, 0.29) is 52.6 Å². The molecule has 1 heterocycles. The molecule has 0 aliphatic carbocycles. The summed E-state index contributed by atoms with van der Waals surface area (Å²) in [5, 5.41) is 16.2. The summed E-state index contributed by atoms with van der Waals surface area (Å²) in [6.07, 6.45) is 5.76. The van der Waals surface area contributed by atoms with Crippen LogP contribution in [0.1, 0.15) is 67.8 Å². The summed E-state index contributed by atoms with van der Waals surface area (Å²) in [4.78, 5) is 26.8. The van der Waals surface area contributed by atoms with Crippen LogP contribution >= 0.6 is 11.6 Å². The Bertz CT molecular complexity index is 1700. The van der Waals surface area contributed by atoms with Crippen LogP contribution in [0.25, 0.3) is 0 Å². The van der Waals surface area contributed by atoms with E-state index < -0.39 is 27.9 Å². The summed E-state index contributed by atoms with van der Waals surface area (Å²) in [6.45, 7) is 4.10. The van der Waals surface area contributed by atoms with Crippen molar-refractivity contribution in [3.8, 4) is 23.0 Å². The van der Waals surface area contributed by atoms with Crippen LogP contribution in [0, 0.1) is 6.92 Å². The maximum atomic E-state index is 13.6. The van der Waals surface area contributed by atoms with Crippen LogP contribution in [0.5, 0.6) is 23.0 Å². The van der Waals surface area contributed by atoms with Crippen molar-refractivity contribution in [1.29, 1.82) is 0 Å². The molecule has 0 fully saturated rings. The van der Waals surface area contributed by atoms with Crippen molar-refractivity contribution in [1.82, 2.24) is 0 Å². The van der Waals surface area contributed by atoms with Gasteiger partial charge in [-0.2, -0.15) is 0 Å². The molecule has 0 saturated heterocycles. The number of aryl methyl sites for hydroxylation is 1. The first-order valence-corrected chi connectivity index (χ1v) is 17.8. The lowest BCUT2D eigenvalue weighted by molar-refractivity contribution is -0.123. The molecule has 3 aromatic carbocycles. The molecule has 1 aliphatic rings. The van der Waals surface area contributed by atoms with Gasteiger partial charge < -0.3 is 34.7 Å². The van der Waals surface area contributed by atoms with Gasteiger partial charge in [-0.05, 0) is 49.6 Å². The first-order chi connectivity index (χ1) is 23.0. The number of anilines is 3. The summed E-state index contributed by atoms with van der Waals surface area (Å²) in [7, 11) is -2.40. The number of carbonyl (C=O) groups is 2. The van der Waals surface area contributed by atoms with Gasteiger partial charge in [0, 0.05) is 19.2 Å². The number of hydrogen-bond donors (Lipinski definition) is 4. The number of phenols is 1. The minimum absolute atomic E-state index is 0.0138. The smallest absolute Gasteiger partial charge is 0.265 e. The number of benzene rings is 3. The third-order valence-corrected chi connectivity index (χ3v) is 9.18. The van der Waals surface area contributed by atoms with Crippen molar-refractivity contribution in [3.05, 3.63) is 64.7 Å². The van der Waals surface area contributed by atoms with Gasteiger partial charge in [-0.25, -0.2) is 8.42 Å². The molecular weight excluding hydrogens is 662 g/mol. The van der Waals surface area contributed by atoms with Gasteiger partial charge in [0.25, 0.3) is 11.8 Å². The Kier molecular flexibility index (Phi) is 13.2. The normalized spacial score (nSPS) is 12.8. The molecule has 4 rings (SSSR count). The third-order valence-electron chi connectivity index (χ3n) is 7.64. The van der Waals surface area contributed by atoms with Crippen molar-refractivity contribution in [2.45, 2.75) is 64.9 Å². The standard InChI is InChI=1S/C34H42ClN3O9S/c1-4-5-6-7-8-9-14-29(47-30-20-32-31(17-22(30)2)45-21-46-32)34(41)36-26-19-28(39)27(18-24(26)35)37-33(40)23-12-10-11-13-25(23)38-48(42,43)16-15-44-3/h10-13,17-20,29,38-39H,4-9,14-16,21H2,1-3H3,(H,36,41)(H,37,40). The summed E-state index contributed by atoms with van der Waals surface area (Å²) in [5.41, 5.74) is 0.910. The monoisotopic (exact) mass is 703 g/mol. The number of unbranched alkanes of at least 4 members (excludes halogenated alkanes) is 5. The van der Waals surface area contributed by atoms with Crippen LogP contribution in [-0.4, -0.2) is 57.7 Å². The van der Waals surface area contributed by atoms with Crippen molar-refractivity contribution in [2.24, 2.45) is 0 Å². The van der Waals surface area contributed by atoms with Crippen LogP contribution < -0.4 is 29.6 Å². The van der Waals surface area contributed by atoms with E-state index in [4.69, 9.17) is 30.5 Å². The number of methoxy groups -OCH3 is 1. The van der Waals surface area contributed by atoms with Gasteiger partial charge in [0.05, 0.1) is 40.0 Å². The summed E-state index contributed by atoms with van der Waals surface area (Å²) in [5.74, 6) is -0.212. The number of amides is 2. The van der Waals surface area contributed by atoms with Crippen LogP contribution in [0.15, 0.2) is 48.5 Å². The first-order valence-electron chi connectivity index (χ1n) is 15.8. The first kappa shape index (κ1) is 36.6. The molecule has 1 unspecified atom stereocenters. The second-order valence-electron chi connectivity index (χ2n) is 11.4. The largest absolute Gasteiger partial charge is 0.506 e. The summed E-state index contributed by atoms with van der Waals surface area (Å²) < 4.78 is 49.2. The average Bonchev–Trinajstić information content (AvgIpc) is 3.50. The molecule has 0 saturated carbocycles. The number of aromatic hydroxyl groups is 1. The molecule has 0 radical (unpaired) electrons. The molecule has 14 heteroatoms. The van der Waals surface area contributed by atoms with Crippen molar-refractivity contribution >= 4 is 50.5 Å². The number of fused-ring (bicyclic) bond motifs is 1. The number of nitrogens with one attached hydrogen (secondary N) is 3. The van der Waals surface area contributed by atoms with Gasteiger partial charge in [0.1, 0.15) is 11.5 Å². The molecule has 260 valence electrons. The highest BCUT2D eigenvalue weighted by Crippen LogP contribution is 2.39. The molecule has 1 aliphatic heterocycles. The van der Waals surface area contributed by atoms with Crippen LogP contribution in [-0.2, 0) is 19.6 Å². The molecule has 0 spiro atoms. The molecule has 3 aromatic rings. The molecule has 0 aromatic heterocycles. The molecule has 0 bridgehead atoms. The second-order valence-corrected chi connectivity index (χ2v) is 13.6. The zero-order valence-corrected chi connectivity index (χ0v) is 28.8. The van der Waals surface area contributed by atoms with Crippen LogP contribution in [0.4, 0.5) is 17.1 Å². The average molecular weight is 704 g/mol. The van der Waals surface area contributed by atoms with E-state index in [2.05, 4.69) is 22.3 Å². The van der Waals surface area contributed by atoms with Gasteiger partial charge in [0.15, 0.2) is 17.6 Å². The Hall–Kier alpha value is -4.20. The van der Waals surface area contributed by atoms with E-state index in [9.17, 15) is 23.1 Å². The fourth-order valence-electron chi connectivity index (χ4n) is 5.00. The van der Waals surface area contributed by atoms with Gasteiger partial charge in [-0.15, -0.1) is 0 Å².